The lowest BCUT2D eigenvalue weighted by atomic mass is 9.94. The summed E-state index contributed by atoms with van der Waals surface area (Å²) in [4.78, 5) is 0.503. The van der Waals surface area contributed by atoms with Gasteiger partial charge >= 0.3 is 0 Å². The Morgan fingerprint density at radius 1 is 1.09 bits per heavy atom. The number of benzene rings is 2. The summed E-state index contributed by atoms with van der Waals surface area (Å²) in [6, 6.07) is 16.1. The van der Waals surface area contributed by atoms with Crippen molar-refractivity contribution >= 4 is 10.0 Å². The van der Waals surface area contributed by atoms with Gasteiger partial charge < -0.3 is 0 Å². The van der Waals surface area contributed by atoms with Gasteiger partial charge in [0, 0.05) is 12.6 Å². The van der Waals surface area contributed by atoms with Gasteiger partial charge in [0.1, 0.15) is 0 Å². The Kier molecular flexibility index (Phi) is 3.13. The second-order valence-corrected chi connectivity index (χ2v) is 8.25. The molecule has 4 rings (SSSR count). The molecule has 0 aromatic heterocycles. The lowest BCUT2D eigenvalue weighted by Gasteiger charge is -2.30. The Hall–Kier alpha value is -1.65. The van der Waals surface area contributed by atoms with Crippen molar-refractivity contribution in [1.82, 2.24) is 4.31 Å². The van der Waals surface area contributed by atoms with Gasteiger partial charge in [-0.05, 0) is 42.9 Å². The summed E-state index contributed by atoms with van der Waals surface area (Å²) in [6.45, 7) is 2.62. The monoisotopic (exact) mass is 313 g/mol. The van der Waals surface area contributed by atoms with Gasteiger partial charge in [-0.2, -0.15) is 4.31 Å². The van der Waals surface area contributed by atoms with Crippen LogP contribution in [0.4, 0.5) is 0 Å². The minimum Gasteiger partial charge on any atom is -0.207 e. The molecule has 4 heteroatoms. The Morgan fingerprint density at radius 3 is 2.64 bits per heavy atom. The molecule has 0 aliphatic carbocycles. The van der Waals surface area contributed by atoms with Crippen LogP contribution in [0.5, 0.6) is 0 Å². The van der Waals surface area contributed by atoms with Crippen molar-refractivity contribution in [3.05, 3.63) is 65.2 Å². The minimum atomic E-state index is -3.34. The zero-order valence-electron chi connectivity index (χ0n) is 12.6. The van der Waals surface area contributed by atoms with E-state index in [2.05, 4.69) is 12.1 Å². The molecule has 2 aliphatic rings. The molecule has 2 aliphatic heterocycles. The third-order valence-corrected chi connectivity index (χ3v) is 6.91. The van der Waals surface area contributed by atoms with Crippen LogP contribution < -0.4 is 0 Å². The largest absolute Gasteiger partial charge is 0.243 e. The fraction of sp³-hybridized carbons (Fsp3) is 0.333. The van der Waals surface area contributed by atoms with Gasteiger partial charge in [0.25, 0.3) is 0 Å². The van der Waals surface area contributed by atoms with Crippen LogP contribution in [-0.2, 0) is 16.4 Å². The molecule has 22 heavy (non-hydrogen) atoms. The Bertz CT molecular complexity index is 814. The topological polar surface area (TPSA) is 37.4 Å². The zero-order valence-corrected chi connectivity index (χ0v) is 13.4. The molecule has 0 amide bonds. The number of nitrogens with zero attached hydrogens (tertiary/aromatic N) is 1. The van der Waals surface area contributed by atoms with E-state index in [-0.39, 0.29) is 6.04 Å². The van der Waals surface area contributed by atoms with Crippen LogP contribution in [0, 0.1) is 6.92 Å². The third kappa shape index (κ3) is 2.09. The predicted octanol–water partition coefficient (Wildman–Crippen LogP) is 3.10. The minimum absolute atomic E-state index is 0.101. The molecule has 2 heterocycles. The van der Waals surface area contributed by atoms with E-state index in [1.807, 2.05) is 37.3 Å². The van der Waals surface area contributed by atoms with Crippen LogP contribution in [-0.4, -0.2) is 25.3 Å². The molecule has 1 fully saturated rings. The summed E-state index contributed by atoms with van der Waals surface area (Å²) in [5.74, 6) is 0.302. The van der Waals surface area contributed by atoms with Crippen LogP contribution in [0.3, 0.4) is 0 Å². The van der Waals surface area contributed by atoms with E-state index in [1.165, 1.54) is 5.56 Å². The van der Waals surface area contributed by atoms with Crippen LogP contribution in [0.1, 0.15) is 29.0 Å². The van der Waals surface area contributed by atoms with Crippen molar-refractivity contribution in [3.8, 4) is 0 Å². The van der Waals surface area contributed by atoms with Crippen LogP contribution >= 0.6 is 0 Å². The summed E-state index contributed by atoms with van der Waals surface area (Å²) in [5, 5.41) is 0. The molecule has 0 spiro atoms. The maximum atomic E-state index is 12.9. The number of hydrogen-bond acceptors (Lipinski definition) is 2. The van der Waals surface area contributed by atoms with Crippen molar-refractivity contribution in [1.29, 1.82) is 0 Å². The fourth-order valence-corrected chi connectivity index (χ4v) is 5.73. The molecule has 2 aromatic carbocycles. The second-order valence-electron chi connectivity index (χ2n) is 6.39. The van der Waals surface area contributed by atoms with E-state index in [1.54, 1.807) is 10.4 Å². The smallest absolute Gasteiger partial charge is 0.207 e. The standard InChI is InChI=1S/C18H19NO2S/c1-13-7-8-18-15(9-13)10-17-11-16(12-19(17)22(18,20)21)14-5-3-2-4-6-14/h2-9,16-17H,10-12H2,1H3. The summed E-state index contributed by atoms with van der Waals surface area (Å²) < 4.78 is 27.5. The normalized spacial score (nSPS) is 26.4. The van der Waals surface area contributed by atoms with E-state index in [4.69, 9.17) is 0 Å². The quantitative estimate of drug-likeness (QED) is 0.811. The molecule has 2 atom stereocenters. The van der Waals surface area contributed by atoms with Crippen LogP contribution in [0.2, 0.25) is 0 Å². The van der Waals surface area contributed by atoms with Gasteiger partial charge in [-0.25, -0.2) is 8.42 Å². The highest BCUT2D eigenvalue weighted by atomic mass is 32.2. The number of rotatable bonds is 1. The Labute approximate surface area is 131 Å². The van der Waals surface area contributed by atoms with Gasteiger partial charge in [-0.1, -0.05) is 48.0 Å². The van der Waals surface area contributed by atoms with Crippen molar-refractivity contribution < 1.29 is 8.42 Å². The van der Waals surface area contributed by atoms with Crippen LogP contribution in [0.15, 0.2) is 53.4 Å². The van der Waals surface area contributed by atoms with Gasteiger partial charge in [-0.15, -0.1) is 0 Å². The number of sulfonamides is 1. The maximum absolute atomic E-state index is 12.9. The first-order valence-corrected chi connectivity index (χ1v) is 9.16. The first kappa shape index (κ1) is 14.0. The summed E-state index contributed by atoms with van der Waals surface area (Å²) >= 11 is 0. The Morgan fingerprint density at radius 2 is 1.86 bits per heavy atom. The average molecular weight is 313 g/mol. The third-order valence-electron chi connectivity index (χ3n) is 4.89. The maximum Gasteiger partial charge on any atom is 0.243 e. The van der Waals surface area contributed by atoms with Crippen molar-refractivity contribution in [2.75, 3.05) is 6.54 Å². The second kappa shape index (κ2) is 4.93. The summed E-state index contributed by atoms with van der Waals surface area (Å²) in [6.07, 6.45) is 1.75. The van der Waals surface area contributed by atoms with E-state index in [0.29, 0.717) is 17.4 Å². The molecule has 1 saturated heterocycles. The van der Waals surface area contributed by atoms with Gasteiger partial charge in [-0.3, -0.25) is 0 Å². The lowest BCUT2D eigenvalue weighted by molar-refractivity contribution is 0.370. The van der Waals surface area contributed by atoms with Gasteiger partial charge in [0.15, 0.2) is 0 Å². The zero-order chi connectivity index (χ0) is 15.3. The molecule has 2 unspecified atom stereocenters. The molecule has 0 radical (unpaired) electrons. The first-order chi connectivity index (χ1) is 10.6. The average Bonchev–Trinajstić information content (AvgIpc) is 2.93. The van der Waals surface area contributed by atoms with E-state index < -0.39 is 10.0 Å². The summed E-state index contributed by atoms with van der Waals surface area (Å²) in [5.41, 5.74) is 3.35. The molecule has 3 nitrogen and oxygen atoms in total. The predicted molar refractivity (Wildman–Crippen MR) is 86.4 cm³/mol. The molecule has 0 bridgehead atoms. The first-order valence-electron chi connectivity index (χ1n) is 7.72. The highest BCUT2D eigenvalue weighted by Gasteiger charge is 2.44. The molecule has 2 aromatic rings. The van der Waals surface area contributed by atoms with E-state index in [9.17, 15) is 8.42 Å². The SMILES string of the molecule is Cc1ccc2c(c1)CC1CC(c3ccccc3)CN1S2(=O)=O. The van der Waals surface area contributed by atoms with Crippen LogP contribution in [0.25, 0.3) is 0 Å². The van der Waals surface area contributed by atoms with Crippen molar-refractivity contribution in [3.63, 3.8) is 0 Å². The van der Waals surface area contributed by atoms with Crippen molar-refractivity contribution in [2.24, 2.45) is 0 Å². The van der Waals surface area contributed by atoms with Gasteiger partial charge in [0.05, 0.1) is 4.90 Å². The van der Waals surface area contributed by atoms with E-state index in [0.717, 1.165) is 24.0 Å². The molecule has 0 N–H and O–H groups in total. The molecular formula is C18H19NO2S. The summed E-state index contributed by atoms with van der Waals surface area (Å²) in [7, 11) is -3.34. The molecule has 0 saturated carbocycles. The number of hydrogen-bond donors (Lipinski definition) is 0. The highest BCUT2D eigenvalue weighted by Crippen LogP contribution is 2.41. The Balaban J connectivity index is 1.73. The van der Waals surface area contributed by atoms with Crippen molar-refractivity contribution in [2.45, 2.75) is 36.6 Å². The highest BCUT2D eigenvalue weighted by molar-refractivity contribution is 7.89. The molecular weight excluding hydrogens is 294 g/mol. The number of aryl methyl sites for hydroxylation is 1. The molecule has 114 valence electrons. The number of fused-ring (bicyclic) bond motifs is 2. The lowest BCUT2D eigenvalue weighted by Crippen LogP contribution is -2.41. The van der Waals surface area contributed by atoms with Gasteiger partial charge in [0.2, 0.25) is 10.0 Å². The van der Waals surface area contributed by atoms with E-state index >= 15 is 0 Å². The fourth-order valence-electron chi connectivity index (χ4n) is 3.83.